The van der Waals surface area contributed by atoms with Crippen LogP contribution in [0.25, 0.3) is 11.3 Å². The zero-order valence-corrected chi connectivity index (χ0v) is 16.3. The molecular weight excluding hydrogens is 354 g/mol. The molecule has 2 bridgehead atoms. The number of pyridine rings is 2. The molecule has 5 rings (SSSR count). The number of carbonyl (C=O) groups is 1. The average molecular weight is 379 g/mol. The summed E-state index contributed by atoms with van der Waals surface area (Å²) in [5, 5.41) is 0. The number of hydrogen-bond donors (Lipinski definition) is 0. The van der Waals surface area contributed by atoms with Crippen molar-refractivity contribution >= 4 is 17.5 Å². The third-order valence-corrected chi connectivity index (χ3v) is 5.86. The van der Waals surface area contributed by atoms with E-state index < -0.39 is 0 Å². The van der Waals surface area contributed by atoms with Gasteiger partial charge in [-0.1, -0.05) is 0 Å². The molecule has 0 spiro atoms. The molecule has 3 aliphatic rings. The monoisotopic (exact) mass is 379 g/mol. The largest absolute Gasteiger partial charge is 0.375 e. The number of fused-ring (bicyclic) bond motifs is 4. The van der Waals surface area contributed by atoms with Crippen LogP contribution in [-0.4, -0.2) is 65.8 Å². The summed E-state index contributed by atoms with van der Waals surface area (Å²) in [6.45, 7) is 7.70. The summed E-state index contributed by atoms with van der Waals surface area (Å²) in [5.74, 6) is 0.782. The van der Waals surface area contributed by atoms with Crippen molar-refractivity contribution in [3.63, 3.8) is 0 Å². The summed E-state index contributed by atoms with van der Waals surface area (Å²) in [7, 11) is 0. The first-order chi connectivity index (χ1) is 13.6. The van der Waals surface area contributed by atoms with Gasteiger partial charge in [-0.3, -0.25) is 9.88 Å². The Morgan fingerprint density at radius 1 is 1.21 bits per heavy atom. The second kappa shape index (κ2) is 6.74. The summed E-state index contributed by atoms with van der Waals surface area (Å²) in [6.07, 6.45) is 2.85. The Bertz CT molecular complexity index is 917. The number of urea groups is 1. The van der Waals surface area contributed by atoms with Crippen molar-refractivity contribution in [2.24, 2.45) is 0 Å². The smallest absolute Gasteiger partial charge is 0.326 e. The van der Waals surface area contributed by atoms with Gasteiger partial charge in [0.25, 0.3) is 0 Å². The molecule has 2 aromatic rings. The van der Waals surface area contributed by atoms with Gasteiger partial charge in [0.05, 0.1) is 30.1 Å². The van der Waals surface area contributed by atoms with E-state index in [4.69, 9.17) is 9.72 Å². The van der Waals surface area contributed by atoms with Crippen LogP contribution in [0.3, 0.4) is 0 Å². The maximum atomic E-state index is 13.5. The zero-order valence-electron chi connectivity index (χ0n) is 16.3. The standard InChI is InChI=1S/C21H25N5O2/c1-14-11-16(5-7-22-14)18-3-4-19-20(23-18)26(17-6-8-24(19)13-17)21(27)25-9-10-28-15(2)12-25/h3-5,7,11,15,17H,6,8-10,12-13H2,1-2H3/t15-,17+/m1/s1. The lowest BCUT2D eigenvalue weighted by Gasteiger charge is -2.40. The van der Waals surface area contributed by atoms with E-state index in [0.717, 1.165) is 48.0 Å². The molecule has 146 valence electrons. The van der Waals surface area contributed by atoms with E-state index in [1.54, 1.807) is 6.20 Å². The van der Waals surface area contributed by atoms with Crippen LogP contribution < -0.4 is 9.80 Å². The third-order valence-electron chi connectivity index (χ3n) is 5.86. The van der Waals surface area contributed by atoms with E-state index in [9.17, 15) is 4.79 Å². The van der Waals surface area contributed by atoms with E-state index in [-0.39, 0.29) is 18.2 Å². The maximum absolute atomic E-state index is 13.5. The number of rotatable bonds is 1. The predicted octanol–water partition coefficient (Wildman–Crippen LogP) is 2.69. The molecule has 0 radical (unpaired) electrons. The van der Waals surface area contributed by atoms with Gasteiger partial charge in [0.1, 0.15) is 0 Å². The van der Waals surface area contributed by atoms with Crippen molar-refractivity contribution in [2.45, 2.75) is 32.4 Å². The Kier molecular flexibility index (Phi) is 4.19. The van der Waals surface area contributed by atoms with Gasteiger partial charge in [0, 0.05) is 43.6 Å². The van der Waals surface area contributed by atoms with E-state index in [2.05, 4.69) is 16.0 Å². The molecular formula is C21H25N5O2. The number of anilines is 2. The van der Waals surface area contributed by atoms with E-state index in [0.29, 0.717) is 19.7 Å². The molecule has 5 heterocycles. The quantitative estimate of drug-likeness (QED) is 0.762. The Morgan fingerprint density at radius 3 is 2.93 bits per heavy atom. The molecule has 2 atom stereocenters. The molecule has 0 aromatic carbocycles. The van der Waals surface area contributed by atoms with E-state index >= 15 is 0 Å². The fraction of sp³-hybridized carbons (Fsp3) is 0.476. The fourth-order valence-corrected chi connectivity index (χ4v) is 4.47. The highest BCUT2D eigenvalue weighted by atomic mass is 16.5. The number of hydrogen-bond acceptors (Lipinski definition) is 5. The second-order valence-corrected chi connectivity index (χ2v) is 7.89. The predicted molar refractivity (Wildman–Crippen MR) is 108 cm³/mol. The number of aryl methyl sites for hydroxylation is 1. The van der Waals surface area contributed by atoms with Gasteiger partial charge in [0.2, 0.25) is 0 Å². The SMILES string of the molecule is Cc1cc(-c2ccc3c(n2)N(C(=O)N2CCO[C@H](C)C2)[C@H]2CCN3C2)ccn1. The summed E-state index contributed by atoms with van der Waals surface area (Å²) >= 11 is 0. The van der Waals surface area contributed by atoms with Gasteiger partial charge in [-0.15, -0.1) is 0 Å². The van der Waals surface area contributed by atoms with Gasteiger partial charge < -0.3 is 14.5 Å². The summed E-state index contributed by atoms with van der Waals surface area (Å²) < 4.78 is 5.62. The van der Waals surface area contributed by atoms with Gasteiger partial charge in [0.15, 0.2) is 5.82 Å². The Morgan fingerprint density at radius 2 is 2.11 bits per heavy atom. The highest BCUT2D eigenvalue weighted by molar-refractivity contribution is 5.97. The molecule has 0 aliphatic carbocycles. The van der Waals surface area contributed by atoms with Crippen LogP contribution >= 0.6 is 0 Å². The summed E-state index contributed by atoms with van der Waals surface area (Å²) in [4.78, 5) is 28.9. The first-order valence-corrected chi connectivity index (χ1v) is 9.99. The lowest BCUT2D eigenvalue weighted by molar-refractivity contribution is -0.00265. The lowest BCUT2D eigenvalue weighted by Crippen LogP contribution is -2.55. The minimum atomic E-state index is 0.0542. The molecule has 2 aromatic heterocycles. The molecule has 2 saturated heterocycles. The van der Waals surface area contributed by atoms with Crippen molar-refractivity contribution < 1.29 is 9.53 Å². The number of carbonyl (C=O) groups excluding carboxylic acids is 1. The molecule has 7 nitrogen and oxygen atoms in total. The summed E-state index contributed by atoms with van der Waals surface area (Å²) in [6, 6.07) is 8.39. The third kappa shape index (κ3) is 2.90. The van der Waals surface area contributed by atoms with Gasteiger partial charge >= 0.3 is 6.03 Å². The number of ether oxygens (including phenoxy) is 1. The molecule has 0 saturated carbocycles. The van der Waals surface area contributed by atoms with Crippen LogP contribution in [0.1, 0.15) is 19.0 Å². The van der Waals surface area contributed by atoms with Gasteiger partial charge in [-0.05, 0) is 44.5 Å². The summed E-state index contributed by atoms with van der Waals surface area (Å²) in [5.41, 5.74) is 3.91. The fourth-order valence-electron chi connectivity index (χ4n) is 4.47. The topological polar surface area (TPSA) is 61.8 Å². The van der Waals surface area contributed by atoms with Crippen LogP contribution in [0, 0.1) is 6.92 Å². The lowest BCUT2D eigenvalue weighted by atomic mass is 10.1. The van der Waals surface area contributed by atoms with E-state index in [1.165, 1.54) is 0 Å². The van der Waals surface area contributed by atoms with Crippen LogP contribution in [-0.2, 0) is 4.74 Å². The molecule has 3 aliphatic heterocycles. The normalized spacial score (nSPS) is 23.7. The number of amides is 2. The first kappa shape index (κ1) is 17.4. The van der Waals surface area contributed by atoms with Crippen molar-refractivity contribution in [3.8, 4) is 11.3 Å². The Balaban J connectivity index is 1.55. The maximum Gasteiger partial charge on any atom is 0.326 e. The number of aromatic nitrogens is 2. The Labute approximate surface area is 164 Å². The van der Waals surface area contributed by atoms with Crippen LogP contribution in [0.5, 0.6) is 0 Å². The molecule has 28 heavy (non-hydrogen) atoms. The minimum Gasteiger partial charge on any atom is -0.375 e. The highest BCUT2D eigenvalue weighted by Gasteiger charge is 2.42. The van der Waals surface area contributed by atoms with Gasteiger partial charge in [-0.2, -0.15) is 0 Å². The van der Waals surface area contributed by atoms with Crippen LogP contribution in [0.4, 0.5) is 16.3 Å². The molecule has 2 fully saturated rings. The number of nitrogens with zero attached hydrogens (tertiary/aromatic N) is 5. The molecule has 2 amide bonds. The minimum absolute atomic E-state index is 0.0542. The van der Waals surface area contributed by atoms with Gasteiger partial charge in [-0.25, -0.2) is 9.78 Å². The van der Waals surface area contributed by atoms with Crippen molar-refractivity contribution in [1.29, 1.82) is 0 Å². The van der Waals surface area contributed by atoms with Crippen molar-refractivity contribution in [3.05, 3.63) is 36.2 Å². The zero-order chi connectivity index (χ0) is 19.3. The second-order valence-electron chi connectivity index (χ2n) is 7.89. The molecule has 7 heteroatoms. The highest BCUT2D eigenvalue weighted by Crippen LogP contribution is 2.40. The van der Waals surface area contributed by atoms with Crippen molar-refractivity contribution in [2.75, 3.05) is 42.6 Å². The van der Waals surface area contributed by atoms with Crippen LogP contribution in [0.15, 0.2) is 30.5 Å². The average Bonchev–Trinajstić information content (AvgIpc) is 3.12. The molecule has 0 N–H and O–H groups in total. The number of morpholine rings is 1. The van der Waals surface area contributed by atoms with Crippen molar-refractivity contribution in [1.82, 2.24) is 14.9 Å². The van der Waals surface area contributed by atoms with Crippen LogP contribution in [0.2, 0.25) is 0 Å². The molecule has 0 unspecified atom stereocenters. The van der Waals surface area contributed by atoms with E-state index in [1.807, 2.05) is 41.8 Å². The Hall–Kier alpha value is -2.67. The first-order valence-electron chi connectivity index (χ1n) is 9.99.